The van der Waals surface area contributed by atoms with Crippen molar-refractivity contribution in [3.05, 3.63) is 66.0 Å². The molecular weight excluding hydrogens is 372 g/mol. The van der Waals surface area contributed by atoms with Crippen LogP contribution in [-0.2, 0) is 4.74 Å². The van der Waals surface area contributed by atoms with Gasteiger partial charge >= 0.3 is 5.97 Å². The largest absolute Gasteiger partial charge is 0.464 e. The Morgan fingerprint density at radius 2 is 1.78 bits per heavy atom. The van der Waals surface area contributed by atoms with Gasteiger partial charge in [0, 0.05) is 16.1 Å². The lowest BCUT2D eigenvalue weighted by molar-refractivity contribution is 0.0594. The molecular formula is C19H15F2N3O2S. The van der Waals surface area contributed by atoms with E-state index in [-0.39, 0.29) is 22.5 Å². The number of carbonyl (C=O) groups excluding carboxylic acids is 1. The zero-order valence-electron chi connectivity index (χ0n) is 14.5. The number of rotatable bonds is 5. The molecule has 5 nitrogen and oxygen atoms in total. The van der Waals surface area contributed by atoms with Crippen LogP contribution in [0, 0.1) is 11.6 Å². The molecule has 0 bridgehead atoms. The second kappa shape index (κ2) is 8.13. The van der Waals surface area contributed by atoms with Crippen molar-refractivity contribution in [3.8, 4) is 11.1 Å². The maximum atomic E-state index is 14.3. The van der Waals surface area contributed by atoms with E-state index in [2.05, 4.69) is 15.5 Å². The molecule has 0 radical (unpaired) electrons. The second-order valence-electron chi connectivity index (χ2n) is 5.42. The lowest BCUT2D eigenvalue weighted by Crippen LogP contribution is -2.11. The fourth-order valence-electron chi connectivity index (χ4n) is 2.52. The molecule has 0 saturated carbocycles. The summed E-state index contributed by atoms with van der Waals surface area (Å²) in [5.41, 5.74) is 0.309. The number of esters is 1. The van der Waals surface area contributed by atoms with Crippen LogP contribution in [0.4, 0.5) is 20.2 Å². The van der Waals surface area contributed by atoms with Gasteiger partial charge in [-0.1, -0.05) is 6.07 Å². The summed E-state index contributed by atoms with van der Waals surface area (Å²) in [5.74, 6) is -2.33. The van der Waals surface area contributed by atoms with Crippen LogP contribution in [-0.4, -0.2) is 29.5 Å². The average Bonchev–Trinajstić information content (AvgIpc) is 2.69. The maximum Gasteiger partial charge on any atom is 0.360 e. The van der Waals surface area contributed by atoms with Crippen molar-refractivity contribution in [2.75, 3.05) is 18.7 Å². The van der Waals surface area contributed by atoms with Gasteiger partial charge in [-0.25, -0.2) is 13.6 Å². The first-order valence-corrected chi connectivity index (χ1v) is 9.07. The third-order valence-corrected chi connectivity index (χ3v) is 4.56. The van der Waals surface area contributed by atoms with Gasteiger partial charge in [-0.2, -0.15) is 5.10 Å². The number of halogens is 2. The van der Waals surface area contributed by atoms with E-state index in [4.69, 9.17) is 4.74 Å². The predicted molar refractivity (Wildman–Crippen MR) is 100 cm³/mol. The molecule has 3 rings (SSSR count). The van der Waals surface area contributed by atoms with Crippen LogP contribution in [0.3, 0.4) is 0 Å². The molecule has 0 aliphatic heterocycles. The summed E-state index contributed by atoms with van der Waals surface area (Å²) in [6, 6.07) is 10.9. The fourth-order valence-corrected chi connectivity index (χ4v) is 2.92. The molecule has 0 fully saturated rings. The van der Waals surface area contributed by atoms with Crippen molar-refractivity contribution in [2.45, 2.75) is 4.90 Å². The average molecular weight is 387 g/mol. The number of benzene rings is 2. The van der Waals surface area contributed by atoms with E-state index in [1.165, 1.54) is 19.4 Å². The Hall–Kier alpha value is -3.00. The highest BCUT2D eigenvalue weighted by atomic mass is 32.2. The van der Waals surface area contributed by atoms with Gasteiger partial charge in [0.05, 0.1) is 24.6 Å². The minimum absolute atomic E-state index is 0.0648. The molecule has 1 heterocycles. The Morgan fingerprint density at radius 1 is 1.11 bits per heavy atom. The van der Waals surface area contributed by atoms with Crippen LogP contribution in [0.15, 0.2) is 53.6 Å². The van der Waals surface area contributed by atoms with Crippen molar-refractivity contribution in [2.24, 2.45) is 0 Å². The van der Waals surface area contributed by atoms with Gasteiger partial charge in [-0.05, 0) is 42.7 Å². The first-order valence-electron chi connectivity index (χ1n) is 7.84. The molecule has 27 heavy (non-hydrogen) atoms. The van der Waals surface area contributed by atoms with Crippen LogP contribution in [0.25, 0.3) is 11.1 Å². The Balaban J connectivity index is 2.17. The molecule has 0 aliphatic carbocycles. The van der Waals surface area contributed by atoms with Gasteiger partial charge in [-0.3, -0.25) is 0 Å². The summed E-state index contributed by atoms with van der Waals surface area (Å²) in [4.78, 5) is 13.2. The molecule has 0 amide bonds. The van der Waals surface area contributed by atoms with E-state index in [1.807, 2.05) is 18.4 Å². The first-order chi connectivity index (χ1) is 13.0. The number of nitrogens with one attached hydrogen (secondary N) is 1. The molecule has 0 atom stereocenters. The molecule has 3 aromatic rings. The minimum Gasteiger partial charge on any atom is -0.464 e. The number of hydrogen-bond acceptors (Lipinski definition) is 6. The number of ether oxygens (including phenoxy) is 1. The molecule has 0 unspecified atom stereocenters. The van der Waals surface area contributed by atoms with E-state index in [1.54, 1.807) is 23.9 Å². The third kappa shape index (κ3) is 3.90. The van der Waals surface area contributed by atoms with E-state index in [9.17, 15) is 13.6 Å². The minimum atomic E-state index is -0.778. The summed E-state index contributed by atoms with van der Waals surface area (Å²) in [5, 5.41) is 10.5. The first kappa shape index (κ1) is 18.8. The Morgan fingerprint density at radius 3 is 2.37 bits per heavy atom. The lowest BCUT2D eigenvalue weighted by Gasteiger charge is -2.15. The topological polar surface area (TPSA) is 64.1 Å². The van der Waals surface area contributed by atoms with E-state index >= 15 is 0 Å². The van der Waals surface area contributed by atoms with Crippen LogP contribution in [0.1, 0.15) is 10.5 Å². The number of thioether (sulfide) groups is 1. The molecule has 8 heteroatoms. The van der Waals surface area contributed by atoms with Gasteiger partial charge in [0.1, 0.15) is 11.6 Å². The monoisotopic (exact) mass is 387 g/mol. The van der Waals surface area contributed by atoms with Crippen LogP contribution in [0.5, 0.6) is 0 Å². The number of aromatic nitrogens is 2. The predicted octanol–water partition coefficient (Wildman–Crippen LogP) is 4.67. The molecule has 1 N–H and O–H groups in total. The fraction of sp³-hybridized carbons (Fsp3) is 0.105. The highest BCUT2D eigenvalue weighted by Gasteiger charge is 2.23. The zero-order valence-corrected chi connectivity index (χ0v) is 15.3. The highest BCUT2D eigenvalue weighted by Crippen LogP contribution is 2.35. The molecule has 1 aromatic heterocycles. The summed E-state index contributed by atoms with van der Waals surface area (Å²) < 4.78 is 33.4. The number of carbonyl (C=O) groups is 1. The van der Waals surface area contributed by atoms with Crippen molar-refractivity contribution >= 4 is 29.1 Å². The second-order valence-corrected chi connectivity index (χ2v) is 6.30. The Kier molecular flexibility index (Phi) is 5.66. The van der Waals surface area contributed by atoms with Gasteiger partial charge in [0.25, 0.3) is 0 Å². The quantitative estimate of drug-likeness (QED) is 0.507. The van der Waals surface area contributed by atoms with E-state index < -0.39 is 17.6 Å². The van der Waals surface area contributed by atoms with Crippen LogP contribution >= 0.6 is 11.8 Å². The normalized spacial score (nSPS) is 10.5. The Bertz CT molecular complexity index is 961. The van der Waals surface area contributed by atoms with Crippen LogP contribution in [0.2, 0.25) is 0 Å². The van der Waals surface area contributed by atoms with Gasteiger partial charge in [-0.15, -0.1) is 16.9 Å². The van der Waals surface area contributed by atoms with Gasteiger partial charge in [0.2, 0.25) is 0 Å². The number of anilines is 2. The van der Waals surface area contributed by atoms with Crippen molar-refractivity contribution in [1.29, 1.82) is 0 Å². The van der Waals surface area contributed by atoms with Crippen LogP contribution < -0.4 is 5.32 Å². The molecule has 0 aliphatic rings. The standard InChI is InChI=1S/C19H15F2N3O2S/c1-26-19(25)18-17(23-11-6-8-12(27-2)9-7-11)13(10-22-24-18)16-14(20)4-3-5-15(16)21/h3-10H,1-2H3,(H,22,23). The summed E-state index contributed by atoms with van der Waals surface area (Å²) >= 11 is 1.58. The van der Waals surface area contributed by atoms with Gasteiger partial charge in [0.15, 0.2) is 5.69 Å². The van der Waals surface area contributed by atoms with E-state index in [0.29, 0.717) is 5.69 Å². The lowest BCUT2D eigenvalue weighted by atomic mass is 10.0. The molecule has 0 saturated heterocycles. The summed E-state index contributed by atoms with van der Waals surface area (Å²) in [6.45, 7) is 0. The highest BCUT2D eigenvalue weighted by molar-refractivity contribution is 7.98. The van der Waals surface area contributed by atoms with Gasteiger partial charge < -0.3 is 10.1 Å². The van der Waals surface area contributed by atoms with Crippen molar-refractivity contribution in [1.82, 2.24) is 10.2 Å². The number of methoxy groups -OCH3 is 1. The number of nitrogens with zero attached hydrogens (tertiary/aromatic N) is 2. The molecule has 2 aromatic carbocycles. The summed E-state index contributed by atoms with van der Waals surface area (Å²) in [6.07, 6.45) is 3.15. The molecule has 0 spiro atoms. The third-order valence-electron chi connectivity index (χ3n) is 3.82. The SMILES string of the molecule is COC(=O)c1nncc(-c2c(F)cccc2F)c1Nc1ccc(SC)cc1. The summed E-state index contributed by atoms with van der Waals surface area (Å²) in [7, 11) is 1.19. The zero-order chi connectivity index (χ0) is 19.4. The smallest absolute Gasteiger partial charge is 0.360 e. The van der Waals surface area contributed by atoms with Crippen molar-refractivity contribution < 1.29 is 18.3 Å². The molecule has 138 valence electrons. The van der Waals surface area contributed by atoms with E-state index in [0.717, 1.165) is 17.0 Å². The Labute approximate surface area is 158 Å². The maximum absolute atomic E-state index is 14.3. The number of hydrogen-bond donors (Lipinski definition) is 1. The van der Waals surface area contributed by atoms with Crippen molar-refractivity contribution in [3.63, 3.8) is 0 Å².